The predicted molar refractivity (Wildman–Crippen MR) is 90.6 cm³/mol. The lowest BCUT2D eigenvalue weighted by Crippen LogP contribution is -2.10. The number of esters is 1. The van der Waals surface area contributed by atoms with E-state index in [1.165, 1.54) is 11.3 Å². The SMILES string of the molecule is CC(OC(=O)c1ccccc1I)c1nnc(-c2cccs2)o1. The van der Waals surface area contributed by atoms with Crippen molar-refractivity contribution in [1.82, 2.24) is 10.2 Å². The Morgan fingerprint density at radius 1 is 1.27 bits per heavy atom. The molecule has 1 atom stereocenters. The van der Waals surface area contributed by atoms with Crippen LogP contribution in [0, 0.1) is 3.57 Å². The summed E-state index contributed by atoms with van der Waals surface area (Å²) in [4.78, 5) is 13.1. The molecule has 0 aliphatic rings. The van der Waals surface area contributed by atoms with Crippen LogP contribution in [-0.4, -0.2) is 16.2 Å². The Bertz CT molecular complexity index is 786. The second-order valence-corrected chi connectivity index (χ2v) is 6.56. The molecule has 0 bridgehead atoms. The number of aromatic nitrogens is 2. The van der Waals surface area contributed by atoms with Crippen LogP contribution in [0.2, 0.25) is 0 Å². The number of ether oxygens (including phenoxy) is 1. The molecular weight excluding hydrogens is 415 g/mol. The molecule has 7 heteroatoms. The summed E-state index contributed by atoms with van der Waals surface area (Å²) >= 11 is 3.61. The van der Waals surface area contributed by atoms with Gasteiger partial charge >= 0.3 is 5.97 Å². The van der Waals surface area contributed by atoms with Crippen LogP contribution in [0.4, 0.5) is 0 Å². The van der Waals surface area contributed by atoms with E-state index in [2.05, 4.69) is 32.8 Å². The van der Waals surface area contributed by atoms with Gasteiger partial charge < -0.3 is 9.15 Å². The minimum absolute atomic E-state index is 0.280. The first-order valence-corrected chi connectivity index (χ1v) is 8.44. The molecule has 0 N–H and O–H groups in total. The van der Waals surface area contributed by atoms with Crippen LogP contribution >= 0.6 is 33.9 Å². The number of thiophene rings is 1. The maximum absolute atomic E-state index is 12.2. The maximum atomic E-state index is 12.2. The summed E-state index contributed by atoms with van der Waals surface area (Å²) in [6.07, 6.45) is -0.607. The zero-order valence-electron chi connectivity index (χ0n) is 11.5. The summed E-state index contributed by atoms with van der Waals surface area (Å²) in [6, 6.07) is 11.0. The highest BCUT2D eigenvalue weighted by molar-refractivity contribution is 14.1. The van der Waals surface area contributed by atoms with Crippen molar-refractivity contribution in [3.8, 4) is 10.8 Å². The normalized spacial score (nSPS) is 12.1. The number of carbonyl (C=O) groups is 1. The first kappa shape index (κ1) is 15.2. The minimum atomic E-state index is -0.607. The zero-order chi connectivity index (χ0) is 15.5. The number of benzene rings is 1. The van der Waals surface area contributed by atoms with Crippen LogP contribution in [0.1, 0.15) is 29.3 Å². The molecule has 0 fully saturated rings. The Morgan fingerprint density at radius 3 is 2.82 bits per heavy atom. The van der Waals surface area contributed by atoms with E-state index in [1.807, 2.05) is 29.6 Å². The molecule has 0 aliphatic heterocycles. The Labute approximate surface area is 144 Å². The largest absolute Gasteiger partial charge is 0.449 e. The van der Waals surface area contributed by atoms with E-state index in [0.717, 1.165) is 8.45 Å². The van der Waals surface area contributed by atoms with Gasteiger partial charge in [-0.05, 0) is 53.1 Å². The molecule has 3 aromatic rings. The summed E-state index contributed by atoms with van der Waals surface area (Å²) in [5.41, 5.74) is 0.521. The van der Waals surface area contributed by atoms with Crippen molar-refractivity contribution in [2.75, 3.05) is 0 Å². The van der Waals surface area contributed by atoms with Gasteiger partial charge in [0.15, 0.2) is 6.10 Å². The third kappa shape index (κ3) is 3.20. The summed E-state index contributed by atoms with van der Waals surface area (Å²) in [5, 5.41) is 9.86. The van der Waals surface area contributed by atoms with Crippen LogP contribution in [0.3, 0.4) is 0 Å². The van der Waals surface area contributed by atoms with Gasteiger partial charge in [-0.15, -0.1) is 21.5 Å². The van der Waals surface area contributed by atoms with Crippen molar-refractivity contribution in [3.05, 3.63) is 56.8 Å². The van der Waals surface area contributed by atoms with E-state index in [-0.39, 0.29) is 5.89 Å². The number of halogens is 1. The van der Waals surface area contributed by atoms with Crippen LogP contribution in [0.5, 0.6) is 0 Å². The quantitative estimate of drug-likeness (QED) is 0.459. The summed E-state index contributed by atoms with van der Waals surface area (Å²) in [6.45, 7) is 1.71. The molecule has 1 aromatic carbocycles. The number of hydrogen-bond donors (Lipinski definition) is 0. The summed E-state index contributed by atoms with van der Waals surface area (Å²) < 4.78 is 11.8. The molecule has 3 rings (SSSR count). The van der Waals surface area contributed by atoms with E-state index in [1.54, 1.807) is 19.1 Å². The smallest absolute Gasteiger partial charge is 0.339 e. The van der Waals surface area contributed by atoms with Gasteiger partial charge in [-0.2, -0.15) is 0 Å². The number of nitrogens with zero attached hydrogens (tertiary/aromatic N) is 2. The molecule has 0 aliphatic carbocycles. The molecule has 2 heterocycles. The highest BCUT2D eigenvalue weighted by Gasteiger charge is 2.21. The molecule has 112 valence electrons. The standard InChI is InChI=1S/C15H11IN2O3S/c1-9(20-15(19)10-5-2-3-6-11(10)16)13-17-18-14(21-13)12-7-4-8-22-12/h2-9H,1H3. The molecule has 2 aromatic heterocycles. The van der Waals surface area contributed by atoms with Crippen LogP contribution < -0.4 is 0 Å². The molecule has 0 amide bonds. The Balaban J connectivity index is 1.74. The predicted octanol–water partition coefficient (Wildman–Crippen LogP) is 4.32. The molecule has 5 nitrogen and oxygen atoms in total. The van der Waals surface area contributed by atoms with Gasteiger partial charge in [0.1, 0.15) is 0 Å². The van der Waals surface area contributed by atoms with Gasteiger partial charge in [-0.1, -0.05) is 18.2 Å². The second kappa shape index (κ2) is 6.57. The molecule has 1 unspecified atom stereocenters. The molecule has 0 saturated carbocycles. The third-order valence-electron chi connectivity index (χ3n) is 2.90. The van der Waals surface area contributed by atoms with E-state index < -0.39 is 12.1 Å². The van der Waals surface area contributed by atoms with Crippen LogP contribution in [0.25, 0.3) is 10.8 Å². The van der Waals surface area contributed by atoms with Crippen molar-refractivity contribution in [2.45, 2.75) is 13.0 Å². The van der Waals surface area contributed by atoms with Gasteiger partial charge in [0.2, 0.25) is 0 Å². The zero-order valence-corrected chi connectivity index (χ0v) is 14.5. The van der Waals surface area contributed by atoms with Gasteiger partial charge in [0.05, 0.1) is 10.4 Å². The fourth-order valence-corrected chi connectivity index (χ4v) is 3.05. The monoisotopic (exact) mass is 426 g/mol. The molecule has 0 spiro atoms. The summed E-state index contributed by atoms with van der Waals surface area (Å²) in [5.74, 6) is 0.304. The minimum Gasteiger partial charge on any atom is -0.449 e. The van der Waals surface area contributed by atoms with E-state index in [9.17, 15) is 4.79 Å². The first-order valence-electron chi connectivity index (χ1n) is 6.48. The first-order chi connectivity index (χ1) is 10.6. The van der Waals surface area contributed by atoms with Gasteiger partial charge in [0, 0.05) is 3.57 Å². The fourth-order valence-electron chi connectivity index (χ4n) is 1.80. The Kier molecular flexibility index (Phi) is 4.53. The fraction of sp³-hybridized carbons (Fsp3) is 0.133. The average molecular weight is 426 g/mol. The Morgan fingerprint density at radius 2 is 2.09 bits per heavy atom. The Hall–Kier alpha value is -1.74. The van der Waals surface area contributed by atoms with Crippen LogP contribution in [0.15, 0.2) is 46.2 Å². The van der Waals surface area contributed by atoms with Gasteiger partial charge in [-0.3, -0.25) is 0 Å². The summed E-state index contributed by atoms with van der Waals surface area (Å²) in [7, 11) is 0. The van der Waals surface area contributed by atoms with E-state index in [4.69, 9.17) is 9.15 Å². The molecule has 22 heavy (non-hydrogen) atoms. The second-order valence-electron chi connectivity index (χ2n) is 4.45. The number of carbonyl (C=O) groups excluding carboxylic acids is 1. The van der Waals surface area contributed by atoms with Crippen molar-refractivity contribution >= 4 is 39.9 Å². The maximum Gasteiger partial charge on any atom is 0.339 e. The van der Waals surface area contributed by atoms with Gasteiger partial charge in [-0.25, -0.2) is 4.79 Å². The lowest BCUT2D eigenvalue weighted by atomic mass is 10.2. The van der Waals surface area contributed by atoms with Crippen LogP contribution in [-0.2, 0) is 4.74 Å². The third-order valence-corrected chi connectivity index (χ3v) is 4.70. The highest BCUT2D eigenvalue weighted by Crippen LogP contribution is 2.26. The molecule has 0 radical (unpaired) electrons. The lowest BCUT2D eigenvalue weighted by molar-refractivity contribution is 0.0278. The van der Waals surface area contributed by atoms with E-state index >= 15 is 0 Å². The van der Waals surface area contributed by atoms with Crippen molar-refractivity contribution < 1.29 is 13.9 Å². The highest BCUT2D eigenvalue weighted by atomic mass is 127. The number of hydrogen-bond acceptors (Lipinski definition) is 6. The molecule has 0 saturated heterocycles. The van der Waals surface area contributed by atoms with Crippen molar-refractivity contribution in [1.29, 1.82) is 0 Å². The number of rotatable bonds is 4. The van der Waals surface area contributed by atoms with Crippen molar-refractivity contribution in [2.24, 2.45) is 0 Å². The average Bonchev–Trinajstić information content (AvgIpc) is 3.18. The van der Waals surface area contributed by atoms with E-state index in [0.29, 0.717) is 11.5 Å². The lowest BCUT2D eigenvalue weighted by Gasteiger charge is -2.10. The van der Waals surface area contributed by atoms with Gasteiger partial charge in [0.25, 0.3) is 11.8 Å². The van der Waals surface area contributed by atoms with Crippen molar-refractivity contribution in [3.63, 3.8) is 0 Å². The topological polar surface area (TPSA) is 65.2 Å². The molecular formula is C15H11IN2O3S.